The van der Waals surface area contributed by atoms with Crippen molar-refractivity contribution < 1.29 is 49.3 Å². The smallest absolute Gasteiger partial charge is 0.306 e. The molecule has 1 fully saturated rings. The number of carbonyl (C=O) groups is 2. The van der Waals surface area contributed by atoms with Gasteiger partial charge in [-0.1, -0.05) is 287 Å². The Labute approximate surface area is 509 Å². The number of aliphatic hydroxyl groups is 5. The first-order valence-corrected chi connectivity index (χ1v) is 35.1. The molecule has 0 radical (unpaired) electrons. The van der Waals surface area contributed by atoms with Gasteiger partial charge in [-0.05, 0) is 89.9 Å². The Morgan fingerprint density at radius 1 is 0.470 bits per heavy atom. The molecule has 1 aliphatic rings. The van der Waals surface area contributed by atoms with Crippen LogP contribution in [0.2, 0.25) is 0 Å². The number of amides is 1. The van der Waals surface area contributed by atoms with Gasteiger partial charge in [-0.2, -0.15) is 0 Å². The van der Waals surface area contributed by atoms with Crippen LogP contribution in [0.25, 0.3) is 0 Å². The van der Waals surface area contributed by atoms with Crippen molar-refractivity contribution >= 4 is 11.9 Å². The number of esters is 1. The molecule has 83 heavy (non-hydrogen) atoms. The summed E-state index contributed by atoms with van der Waals surface area (Å²) in [5.74, 6) is -1.19. The Morgan fingerprint density at radius 2 is 0.831 bits per heavy atom. The van der Waals surface area contributed by atoms with Crippen LogP contribution in [0.15, 0.2) is 60.8 Å². The van der Waals surface area contributed by atoms with Crippen LogP contribution in [0.5, 0.6) is 0 Å². The number of ether oxygens (including phenoxy) is 3. The molecule has 11 nitrogen and oxygen atoms in total. The molecule has 1 rings (SSSR count). The fourth-order valence-corrected chi connectivity index (χ4v) is 10.8. The third-order valence-corrected chi connectivity index (χ3v) is 16.4. The highest BCUT2D eigenvalue weighted by molar-refractivity contribution is 5.80. The molecule has 0 aliphatic carbocycles. The van der Waals surface area contributed by atoms with Crippen molar-refractivity contribution in [1.29, 1.82) is 0 Å². The molecular weight excluding hydrogens is 1040 g/mol. The van der Waals surface area contributed by atoms with Crippen LogP contribution in [-0.4, -0.2) is 99.6 Å². The lowest BCUT2D eigenvalue weighted by molar-refractivity contribution is -0.305. The second-order valence-electron chi connectivity index (χ2n) is 24.3. The normalized spacial score (nSPS) is 18.9. The van der Waals surface area contributed by atoms with Gasteiger partial charge in [0.05, 0.1) is 25.4 Å². The standard InChI is InChI=1S/C72H131NO10/c1-4-7-10-13-16-19-22-24-26-28-30-31-32-33-34-36-37-39-41-44-47-50-53-56-59-65(76)71(80)73-63(64(75)58-55-52-49-46-43-21-18-15-12-9-6-3)62-81-72-70(69(79)68(78)66(61-74)82-72)83-67(77)60-57-54-51-48-45-42-40-38-35-29-27-25-23-20-17-14-11-8-5-2/h16-17,19-20,24-27,55,58,63-66,68-70,72,74-76,78-79H,4-15,18,21-23,28-54,56-57,59-62H2,1-3H3,(H,73,80)/b19-16-,20-17-,26-24-,27-25-,58-55+. The Kier molecular flexibility index (Phi) is 56.4. The van der Waals surface area contributed by atoms with E-state index >= 15 is 0 Å². The van der Waals surface area contributed by atoms with Crippen LogP contribution in [0.3, 0.4) is 0 Å². The molecule has 0 aromatic rings. The predicted octanol–water partition coefficient (Wildman–Crippen LogP) is 17.7. The van der Waals surface area contributed by atoms with E-state index in [4.69, 9.17) is 14.2 Å². The molecule has 0 aromatic heterocycles. The van der Waals surface area contributed by atoms with Crippen molar-refractivity contribution in [3.05, 3.63) is 60.8 Å². The topological polar surface area (TPSA) is 175 Å². The first-order chi connectivity index (χ1) is 40.7. The molecular formula is C72H131NO10. The zero-order valence-electron chi connectivity index (χ0n) is 53.8. The number of aliphatic hydroxyl groups excluding tert-OH is 5. The molecule has 11 heteroatoms. The number of hydrogen-bond acceptors (Lipinski definition) is 10. The molecule has 6 N–H and O–H groups in total. The molecule has 1 aliphatic heterocycles. The van der Waals surface area contributed by atoms with Crippen molar-refractivity contribution in [2.24, 2.45) is 0 Å². The number of rotatable bonds is 60. The summed E-state index contributed by atoms with van der Waals surface area (Å²) in [5.41, 5.74) is 0. The third kappa shape index (κ3) is 47.2. The van der Waals surface area contributed by atoms with Crippen LogP contribution in [0.4, 0.5) is 0 Å². The summed E-state index contributed by atoms with van der Waals surface area (Å²) < 4.78 is 17.7. The second-order valence-corrected chi connectivity index (χ2v) is 24.3. The maximum Gasteiger partial charge on any atom is 0.306 e. The number of nitrogens with one attached hydrogen (secondary N) is 1. The van der Waals surface area contributed by atoms with Gasteiger partial charge in [0.25, 0.3) is 0 Å². The van der Waals surface area contributed by atoms with Crippen LogP contribution >= 0.6 is 0 Å². The molecule has 1 heterocycles. The molecule has 1 saturated heterocycles. The first-order valence-electron chi connectivity index (χ1n) is 35.1. The maximum atomic E-state index is 13.5. The molecule has 0 spiro atoms. The fraction of sp³-hybridized carbons (Fsp3) is 0.833. The molecule has 8 unspecified atom stereocenters. The highest BCUT2D eigenvalue weighted by Gasteiger charge is 2.47. The highest BCUT2D eigenvalue weighted by atomic mass is 16.7. The SMILES string of the molecule is CCCCC/C=C\C/C=C\CCCCCCCCCCCCCCCCC(O)C(=O)NC(COC1OC(CO)C(O)C(O)C1OC(=O)CCCCCCCCCCC/C=C\C/C=C\CCCCC)C(O)/C=C/CCCCCCCCCCC. The Balaban J connectivity index is 2.56. The van der Waals surface area contributed by atoms with E-state index in [1.54, 1.807) is 6.08 Å². The Hall–Kier alpha value is -2.64. The molecule has 0 saturated carbocycles. The quantitative estimate of drug-likeness (QED) is 0.0195. The maximum absolute atomic E-state index is 13.5. The minimum absolute atomic E-state index is 0.119. The van der Waals surface area contributed by atoms with Crippen LogP contribution in [-0.2, 0) is 23.8 Å². The second kappa shape index (κ2) is 59.7. The summed E-state index contributed by atoms with van der Waals surface area (Å²) in [6, 6.07) is -1.03. The number of unbranched alkanes of at least 4 members (excludes halogenated alkanes) is 38. The lowest BCUT2D eigenvalue weighted by atomic mass is 9.99. The van der Waals surface area contributed by atoms with Gasteiger partial charge in [-0.25, -0.2) is 0 Å². The van der Waals surface area contributed by atoms with Gasteiger partial charge in [0.15, 0.2) is 12.4 Å². The minimum Gasteiger partial charge on any atom is -0.454 e. The van der Waals surface area contributed by atoms with E-state index in [-0.39, 0.29) is 13.0 Å². The summed E-state index contributed by atoms with van der Waals surface area (Å²) in [7, 11) is 0. The van der Waals surface area contributed by atoms with Gasteiger partial charge in [-0.15, -0.1) is 0 Å². The number of hydrogen-bond donors (Lipinski definition) is 6. The lowest BCUT2D eigenvalue weighted by Crippen LogP contribution is -2.61. The average Bonchev–Trinajstić information content (AvgIpc) is 3.52. The Morgan fingerprint density at radius 3 is 1.25 bits per heavy atom. The monoisotopic (exact) mass is 1170 g/mol. The van der Waals surface area contributed by atoms with Crippen LogP contribution in [0.1, 0.15) is 323 Å². The van der Waals surface area contributed by atoms with Crippen LogP contribution < -0.4 is 5.32 Å². The van der Waals surface area contributed by atoms with Crippen LogP contribution in [0, 0.1) is 0 Å². The van der Waals surface area contributed by atoms with E-state index in [1.165, 1.54) is 199 Å². The van der Waals surface area contributed by atoms with E-state index < -0.39 is 67.4 Å². The van der Waals surface area contributed by atoms with Crippen molar-refractivity contribution in [3.63, 3.8) is 0 Å². The fourth-order valence-electron chi connectivity index (χ4n) is 10.8. The van der Waals surface area contributed by atoms with E-state index in [0.717, 1.165) is 77.0 Å². The zero-order valence-corrected chi connectivity index (χ0v) is 53.8. The lowest BCUT2D eigenvalue weighted by Gasteiger charge is -2.41. The molecule has 0 bridgehead atoms. The van der Waals surface area contributed by atoms with Gasteiger partial charge in [-0.3, -0.25) is 9.59 Å². The molecule has 1 amide bonds. The van der Waals surface area contributed by atoms with Gasteiger partial charge >= 0.3 is 5.97 Å². The van der Waals surface area contributed by atoms with E-state index in [9.17, 15) is 35.1 Å². The van der Waals surface area contributed by atoms with E-state index in [1.807, 2.05) is 6.08 Å². The molecule has 484 valence electrons. The summed E-state index contributed by atoms with van der Waals surface area (Å²) >= 11 is 0. The largest absolute Gasteiger partial charge is 0.454 e. The summed E-state index contributed by atoms with van der Waals surface area (Å²) in [5, 5.41) is 57.2. The van der Waals surface area contributed by atoms with Gasteiger partial charge < -0.3 is 45.1 Å². The zero-order chi connectivity index (χ0) is 60.3. The highest BCUT2D eigenvalue weighted by Crippen LogP contribution is 2.26. The summed E-state index contributed by atoms with van der Waals surface area (Å²) in [6.45, 7) is 5.77. The molecule has 8 atom stereocenters. The Bertz CT molecular complexity index is 1580. The summed E-state index contributed by atoms with van der Waals surface area (Å²) in [6.07, 6.45) is 65.5. The average molecular weight is 1170 g/mol. The van der Waals surface area contributed by atoms with E-state index in [2.05, 4.69) is 74.7 Å². The number of allylic oxidation sites excluding steroid dienone is 9. The van der Waals surface area contributed by atoms with Crippen molar-refractivity contribution in [1.82, 2.24) is 5.32 Å². The van der Waals surface area contributed by atoms with E-state index in [0.29, 0.717) is 19.3 Å². The van der Waals surface area contributed by atoms with Gasteiger partial charge in [0.2, 0.25) is 5.91 Å². The molecule has 0 aromatic carbocycles. The van der Waals surface area contributed by atoms with Crippen molar-refractivity contribution in [3.8, 4) is 0 Å². The number of carbonyl (C=O) groups excluding carboxylic acids is 2. The minimum atomic E-state index is -1.62. The van der Waals surface area contributed by atoms with Crippen molar-refractivity contribution in [2.45, 2.75) is 372 Å². The van der Waals surface area contributed by atoms with Gasteiger partial charge in [0.1, 0.15) is 24.4 Å². The summed E-state index contributed by atoms with van der Waals surface area (Å²) in [4.78, 5) is 26.6. The van der Waals surface area contributed by atoms with Gasteiger partial charge in [0, 0.05) is 6.42 Å². The first kappa shape index (κ1) is 78.4. The predicted molar refractivity (Wildman–Crippen MR) is 347 cm³/mol. The van der Waals surface area contributed by atoms with Crippen molar-refractivity contribution in [2.75, 3.05) is 13.2 Å². The third-order valence-electron chi connectivity index (χ3n) is 16.4.